The molecule has 0 aromatic heterocycles. The second-order valence-electron chi connectivity index (χ2n) is 8.78. The van der Waals surface area contributed by atoms with Gasteiger partial charge >= 0.3 is 0 Å². The Morgan fingerprint density at radius 2 is 1.65 bits per heavy atom. The number of amides is 1. The van der Waals surface area contributed by atoms with E-state index in [4.69, 9.17) is 4.74 Å². The Hall–Kier alpha value is -2.15. The third-order valence-corrected chi connectivity index (χ3v) is 6.47. The second kappa shape index (κ2) is 10.9. The molecule has 2 saturated heterocycles. The molecule has 4 rings (SSSR count). The van der Waals surface area contributed by atoms with Gasteiger partial charge in [0.05, 0.1) is 0 Å². The number of benzene rings is 2. The highest BCUT2D eigenvalue weighted by Crippen LogP contribution is 2.25. The first kappa shape index (κ1) is 22.1. The van der Waals surface area contributed by atoms with Gasteiger partial charge in [0.15, 0.2) is 0 Å². The van der Waals surface area contributed by atoms with Gasteiger partial charge in [0.2, 0.25) is 5.91 Å². The van der Waals surface area contributed by atoms with Gasteiger partial charge in [0.25, 0.3) is 0 Å². The number of hydrogen-bond donors (Lipinski definition) is 1. The van der Waals surface area contributed by atoms with E-state index in [1.807, 2.05) is 35.2 Å². The Kier molecular flexibility index (Phi) is 7.78. The van der Waals surface area contributed by atoms with E-state index < -0.39 is 6.10 Å². The van der Waals surface area contributed by atoms with E-state index in [1.54, 1.807) is 0 Å². The maximum Gasteiger partial charge on any atom is 0.223 e. The van der Waals surface area contributed by atoms with Crippen LogP contribution in [0.15, 0.2) is 42.5 Å². The van der Waals surface area contributed by atoms with Gasteiger partial charge in [-0.15, -0.1) is 0 Å². The lowest BCUT2D eigenvalue weighted by Gasteiger charge is -2.36. The number of likely N-dealkylation sites (tertiary alicyclic amines) is 1. The number of rotatable bonds is 8. The molecule has 2 fully saturated rings. The number of nitrogens with zero attached hydrogens (tertiary/aromatic N) is 3. The van der Waals surface area contributed by atoms with E-state index in [9.17, 15) is 9.90 Å². The molecule has 2 aliphatic heterocycles. The summed E-state index contributed by atoms with van der Waals surface area (Å²) in [6.07, 6.45) is 3.92. The number of β-amino-alcohol motifs (C(OH)–C–C–N with tert-alkyl or cyclic N) is 1. The van der Waals surface area contributed by atoms with Crippen LogP contribution in [0.25, 0.3) is 10.8 Å². The molecule has 168 valence electrons. The lowest BCUT2D eigenvalue weighted by Crippen LogP contribution is -2.51. The quantitative estimate of drug-likeness (QED) is 0.705. The Bertz CT molecular complexity index is 840. The van der Waals surface area contributed by atoms with Gasteiger partial charge in [-0.25, -0.2) is 0 Å². The predicted octanol–water partition coefficient (Wildman–Crippen LogP) is 2.60. The molecule has 1 unspecified atom stereocenters. The normalized spacial score (nSPS) is 19.5. The van der Waals surface area contributed by atoms with Crippen molar-refractivity contribution in [3.8, 4) is 5.75 Å². The van der Waals surface area contributed by atoms with Crippen LogP contribution in [0.5, 0.6) is 5.75 Å². The highest BCUT2D eigenvalue weighted by atomic mass is 16.5. The van der Waals surface area contributed by atoms with Crippen molar-refractivity contribution in [2.45, 2.75) is 31.8 Å². The van der Waals surface area contributed by atoms with Crippen LogP contribution in [0.4, 0.5) is 0 Å². The molecule has 2 aromatic carbocycles. The van der Waals surface area contributed by atoms with Crippen molar-refractivity contribution in [3.63, 3.8) is 0 Å². The van der Waals surface area contributed by atoms with Crippen molar-refractivity contribution in [1.82, 2.24) is 14.7 Å². The van der Waals surface area contributed by atoms with E-state index in [1.165, 1.54) is 19.3 Å². The highest BCUT2D eigenvalue weighted by Gasteiger charge is 2.23. The smallest absolute Gasteiger partial charge is 0.223 e. The zero-order chi connectivity index (χ0) is 21.5. The molecule has 2 aliphatic rings. The molecule has 1 N–H and O–H groups in total. The van der Waals surface area contributed by atoms with E-state index in [0.29, 0.717) is 13.0 Å². The van der Waals surface area contributed by atoms with Crippen LogP contribution in [0.2, 0.25) is 0 Å². The van der Waals surface area contributed by atoms with Gasteiger partial charge in [0.1, 0.15) is 18.5 Å². The molecule has 6 heteroatoms. The number of carbonyl (C=O) groups is 1. The highest BCUT2D eigenvalue weighted by molar-refractivity contribution is 5.88. The minimum atomic E-state index is -0.555. The van der Waals surface area contributed by atoms with Crippen molar-refractivity contribution in [2.75, 3.05) is 59.0 Å². The zero-order valence-corrected chi connectivity index (χ0v) is 18.4. The van der Waals surface area contributed by atoms with E-state index in [0.717, 1.165) is 62.3 Å². The molecular formula is C25H35N3O3. The molecule has 2 heterocycles. The van der Waals surface area contributed by atoms with Gasteiger partial charge in [-0.05, 0) is 37.4 Å². The largest absolute Gasteiger partial charge is 0.490 e. The van der Waals surface area contributed by atoms with Crippen molar-refractivity contribution < 1.29 is 14.6 Å². The number of fused-ring (bicyclic) bond motifs is 1. The number of aliphatic hydroxyl groups is 1. The van der Waals surface area contributed by atoms with Crippen molar-refractivity contribution >= 4 is 16.7 Å². The Morgan fingerprint density at radius 1 is 0.903 bits per heavy atom. The summed E-state index contributed by atoms with van der Waals surface area (Å²) >= 11 is 0. The molecule has 31 heavy (non-hydrogen) atoms. The van der Waals surface area contributed by atoms with Crippen LogP contribution in [-0.4, -0.2) is 90.8 Å². The average molecular weight is 426 g/mol. The van der Waals surface area contributed by atoms with Crippen LogP contribution < -0.4 is 4.74 Å². The lowest BCUT2D eigenvalue weighted by atomic mass is 10.1. The minimum absolute atomic E-state index is 0.267. The fraction of sp³-hybridized carbons (Fsp3) is 0.560. The van der Waals surface area contributed by atoms with Crippen LogP contribution in [-0.2, 0) is 4.79 Å². The fourth-order valence-electron chi connectivity index (χ4n) is 4.63. The second-order valence-corrected chi connectivity index (χ2v) is 8.78. The Labute approximate surface area is 185 Å². The minimum Gasteiger partial charge on any atom is -0.490 e. The van der Waals surface area contributed by atoms with Crippen LogP contribution in [0.1, 0.15) is 25.7 Å². The molecule has 0 saturated carbocycles. The summed E-state index contributed by atoms with van der Waals surface area (Å²) in [5.41, 5.74) is 0. The summed E-state index contributed by atoms with van der Waals surface area (Å²) in [6, 6.07) is 14.1. The number of piperidine rings is 1. The molecule has 0 bridgehead atoms. The molecule has 1 atom stereocenters. The van der Waals surface area contributed by atoms with E-state index in [-0.39, 0.29) is 12.5 Å². The van der Waals surface area contributed by atoms with Gasteiger partial charge in [-0.2, -0.15) is 0 Å². The summed E-state index contributed by atoms with van der Waals surface area (Å²) in [5.74, 6) is 1.08. The van der Waals surface area contributed by atoms with Crippen LogP contribution in [0.3, 0.4) is 0 Å². The molecule has 0 spiro atoms. The number of aliphatic hydroxyl groups excluding tert-OH is 1. The van der Waals surface area contributed by atoms with Gasteiger partial charge in [-0.1, -0.05) is 42.8 Å². The van der Waals surface area contributed by atoms with Gasteiger partial charge < -0.3 is 19.6 Å². The molecule has 1 amide bonds. The lowest BCUT2D eigenvalue weighted by molar-refractivity contribution is -0.133. The summed E-state index contributed by atoms with van der Waals surface area (Å²) in [5, 5.41) is 12.7. The summed E-state index contributed by atoms with van der Waals surface area (Å²) in [4.78, 5) is 19.2. The van der Waals surface area contributed by atoms with E-state index in [2.05, 4.69) is 21.9 Å². The fourth-order valence-corrected chi connectivity index (χ4v) is 4.63. The van der Waals surface area contributed by atoms with Crippen molar-refractivity contribution in [2.24, 2.45) is 0 Å². The first-order chi connectivity index (χ1) is 15.2. The summed E-state index contributed by atoms with van der Waals surface area (Å²) in [6.45, 7) is 7.11. The predicted molar refractivity (Wildman–Crippen MR) is 123 cm³/mol. The number of hydrogen-bond acceptors (Lipinski definition) is 5. The third-order valence-electron chi connectivity index (χ3n) is 6.47. The summed E-state index contributed by atoms with van der Waals surface area (Å²) < 4.78 is 5.93. The molecule has 2 aromatic rings. The Balaban J connectivity index is 1.17. The van der Waals surface area contributed by atoms with E-state index >= 15 is 0 Å². The summed E-state index contributed by atoms with van der Waals surface area (Å²) in [7, 11) is 0. The molecule has 6 nitrogen and oxygen atoms in total. The molecule has 0 aliphatic carbocycles. The number of carbonyl (C=O) groups excluding carboxylic acids is 1. The topological polar surface area (TPSA) is 56.3 Å². The maximum atomic E-state index is 12.5. The SMILES string of the molecule is O=C(CCN1CCCCC1)N1CCN(CC(O)COc2cccc3ccccc23)CC1. The monoisotopic (exact) mass is 425 g/mol. The maximum absolute atomic E-state index is 12.5. The van der Waals surface area contributed by atoms with Crippen LogP contribution in [0, 0.1) is 0 Å². The number of piperazine rings is 1. The number of ether oxygens (including phenoxy) is 1. The standard InChI is InChI=1S/C25H35N3O3/c29-22(20-31-24-10-6-8-21-7-2-3-9-23(21)24)19-27-15-17-28(18-16-27)25(30)11-14-26-12-4-1-5-13-26/h2-3,6-10,22,29H,1,4-5,11-20H2. The first-order valence-corrected chi connectivity index (χ1v) is 11.7. The van der Waals surface area contributed by atoms with Crippen molar-refractivity contribution in [3.05, 3.63) is 42.5 Å². The van der Waals surface area contributed by atoms with Gasteiger partial charge in [-0.3, -0.25) is 9.69 Å². The average Bonchev–Trinajstić information content (AvgIpc) is 2.82. The zero-order valence-electron chi connectivity index (χ0n) is 18.4. The van der Waals surface area contributed by atoms with Gasteiger partial charge in [0, 0.05) is 51.1 Å². The Morgan fingerprint density at radius 3 is 2.45 bits per heavy atom. The third kappa shape index (κ3) is 6.19. The molecule has 0 radical (unpaired) electrons. The van der Waals surface area contributed by atoms with Crippen molar-refractivity contribution in [1.29, 1.82) is 0 Å². The first-order valence-electron chi connectivity index (χ1n) is 11.7. The molecular weight excluding hydrogens is 390 g/mol. The van der Waals surface area contributed by atoms with Crippen LogP contribution >= 0.6 is 0 Å².